The van der Waals surface area contributed by atoms with E-state index in [2.05, 4.69) is 5.32 Å². The minimum absolute atomic E-state index is 0.00944. The standard InChI is InChI=1S/C35H38ClN3O4S/c1-4-27-19-21-30(22-20-27)39(44(42,43)31-16-9-6-10-17-31)25-34(40)38(24-29-15-11-12-18-32(29)36)33(35(41)37-26(2)3)23-28-13-7-5-8-14-28/h5-22,26,33H,4,23-25H2,1-3H3,(H,37,41)/t33-/m0/s1. The summed E-state index contributed by atoms with van der Waals surface area (Å²) >= 11 is 6.54. The van der Waals surface area contributed by atoms with Gasteiger partial charge in [-0.1, -0.05) is 97.4 Å². The van der Waals surface area contributed by atoms with Crippen molar-refractivity contribution in [2.45, 2.75) is 57.1 Å². The molecule has 0 aliphatic heterocycles. The second kappa shape index (κ2) is 15.0. The van der Waals surface area contributed by atoms with E-state index in [4.69, 9.17) is 11.6 Å². The lowest BCUT2D eigenvalue weighted by Gasteiger charge is -2.34. The number of nitrogens with one attached hydrogen (secondary N) is 1. The number of aryl methyl sites for hydroxylation is 1. The molecule has 4 rings (SSSR count). The molecule has 0 saturated heterocycles. The van der Waals surface area contributed by atoms with E-state index in [-0.39, 0.29) is 29.8 Å². The van der Waals surface area contributed by atoms with E-state index in [1.807, 2.05) is 69.3 Å². The van der Waals surface area contributed by atoms with Gasteiger partial charge in [0.15, 0.2) is 0 Å². The van der Waals surface area contributed by atoms with E-state index in [1.54, 1.807) is 48.5 Å². The van der Waals surface area contributed by atoms with Crippen LogP contribution in [0.3, 0.4) is 0 Å². The molecule has 0 aromatic heterocycles. The average Bonchev–Trinajstić information content (AvgIpc) is 3.03. The number of halogens is 1. The third-order valence-corrected chi connectivity index (χ3v) is 9.40. The molecule has 1 atom stereocenters. The molecule has 44 heavy (non-hydrogen) atoms. The monoisotopic (exact) mass is 631 g/mol. The summed E-state index contributed by atoms with van der Waals surface area (Å²) < 4.78 is 29.2. The number of rotatable bonds is 13. The molecule has 0 aliphatic carbocycles. The maximum absolute atomic E-state index is 14.5. The topological polar surface area (TPSA) is 86.8 Å². The number of sulfonamides is 1. The molecular formula is C35H38ClN3O4S. The van der Waals surface area contributed by atoms with Crippen molar-refractivity contribution in [1.29, 1.82) is 0 Å². The van der Waals surface area contributed by atoms with E-state index in [0.29, 0.717) is 16.3 Å². The maximum Gasteiger partial charge on any atom is 0.264 e. The van der Waals surface area contributed by atoms with Gasteiger partial charge in [-0.3, -0.25) is 13.9 Å². The third kappa shape index (κ3) is 8.27. The predicted octanol–water partition coefficient (Wildman–Crippen LogP) is 6.26. The Hall–Kier alpha value is -4.14. The quantitative estimate of drug-likeness (QED) is 0.189. The summed E-state index contributed by atoms with van der Waals surface area (Å²) in [6.45, 7) is 5.21. The summed E-state index contributed by atoms with van der Waals surface area (Å²) in [5.41, 5.74) is 2.88. The smallest absolute Gasteiger partial charge is 0.264 e. The van der Waals surface area contributed by atoms with Gasteiger partial charge in [0.2, 0.25) is 11.8 Å². The average molecular weight is 632 g/mol. The van der Waals surface area contributed by atoms with Crippen LogP contribution in [-0.4, -0.2) is 43.8 Å². The molecule has 9 heteroatoms. The number of carbonyl (C=O) groups excluding carboxylic acids is 2. The fourth-order valence-corrected chi connectivity index (χ4v) is 6.52. The van der Waals surface area contributed by atoms with Gasteiger partial charge in [0.1, 0.15) is 12.6 Å². The van der Waals surface area contributed by atoms with E-state index in [1.165, 1.54) is 17.0 Å². The molecule has 0 bridgehead atoms. The lowest BCUT2D eigenvalue weighted by Crippen LogP contribution is -2.54. The first-order valence-electron chi connectivity index (χ1n) is 14.6. The van der Waals surface area contributed by atoms with Crippen LogP contribution in [0.1, 0.15) is 37.5 Å². The number of hydrogen-bond donors (Lipinski definition) is 1. The summed E-state index contributed by atoms with van der Waals surface area (Å²) in [7, 11) is -4.15. The van der Waals surface area contributed by atoms with E-state index >= 15 is 0 Å². The first kappa shape index (κ1) is 32.8. The summed E-state index contributed by atoms with van der Waals surface area (Å²) in [4.78, 5) is 29.7. The molecule has 230 valence electrons. The fourth-order valence-electron chi connectivity index (χ4n) is 4.89. The predicted molar refractivity (Wildman–Crippen MR) is 176 cm³/mol. The van der Waals surface area contributed by atoms with Crippen LogP contribution in [0.4, 0.5) is 5.69 Å². The van der Waals surface area contributed by atoms with Crippen LogP contribution >= 0.6 is 11.6 Å². The molecule has 0 unspecified atom stereocenters. The molecule has 4 aromatic rings. The Morgan fingerprint density at radius 2 is 1.39 bits per heavy atom. The van der Waals surface area contributed by atoms with Gasteiger partial charge in [-0.2, -0.15) is 0 Å². The highest BCUT2D eigenvalue weighted by Gasteiger charge is 2.35. The molecule has 7 nitrogen and oxygen atoms in total. The molecular weight excluding hydrogens is 594 g/mol. The van der Waals surface area contributed by atoms with Crippen LogP contribution in [0, 0.1) is 0 Å². The zero-order valence-corrected chi connectivity index (χ0v) is 26.8. The highest BCUT2D eigenvalue weighted by atomic mass is 35.5. The molecule has 1 N–H and O–H groups in total. The largest absolute Gasteiger partial charge is 0.352 e. The van der Waals surface area contributed by atoms with Gasteiger partial charge in [-0.05, 0) is 67.3 Å². The van der Waals surface area contributed by atoms with Crippen molar-refractivity contribution in [3.63, 3.8) is 0 Å². The Balaban J connectivity index is 1.81. The summed E-state index contributed by atoms with van der Waals surface area (Å²) in [5.74, 6) is -0.877. The SMILES string of the molecule is CCc1ccc(N(CC(=O)N(Cc2ccccc2Cl)[C@@H](Cc2ccccc2)C(=O)NC(C)C)S(=O)(=O)c2ccccc2)cc1. The van der Waals surface area contributed by atoms with Crippen molar-refractivity contribution in [2.24, 2.45) is 0 Å². The number of hydrogen-bond acceptors (Lipinski definition) is 4. The van der Waals surface area contributed by atoms with Crippen LogP contribution in [0.15, 0.2) is 114 Å². The van der Waals surface area contributed by atoms with Crippen LogP contribution in [0.5, 0.6) is 0 Å². The molecule has 0 radical (unpaired) electrons. The number of benzene rings is 4. The molecule has 0 spiro atoms. The molecule has 0 saturated carbocycles. The van der Waals surface area contributed by atoms with Crippen molar-refractivity contribution in [3.8, 4) is 0 Å². The number of amides is 2. The van der Waals surface area contributed by atoms with Crippen LogP contribution in [-0.2, 0) is 39.0 Å². The Labute approximate surface area is 265 Å². The zero-order valence-electron chi connectivity index (χ0n) is 25.2. The van der Waals surface area contributed by atoms with Gasteiger partial charge >= 0.3 is 0 Å². The first-order valence-corrected chi connectivity index (χ1v) is 16.5. The Kier molecular flexibility index (Phi) is 11.2. The second-order valence-corrected chi connectivity index (χ2v) is 13.1. The van der Waals surface area contributed by atoms with Crippen LogP contribution in [0.25, 0.3) is 0 Å². The minimum atomic E-state index is -4.15. The molecule has 0 heterocycles. The summed E-state index contributed by atoms with van der Waals surface area (Å²) in [6.07, 6.45) is 1.01. The van der Waals surface area contributed by atoms with Crippen molar-refractivity contribution < 1.29 is 18.0 Å². The molecule has 4 aromatic carbocycles. The zero-order chi connectivity index (χ0) is 31.7. The van der Waals surface area contributed by atoms with E-state index in [0.717, 1.165) is 21.9 Å². The van der Waals surface area contributed by atoms with Crippen molar-refractivity contribution in [1.82, 2.24) is 10.2 Å². The van der Waals surface area contributed by atoms with Crippen molar-refractivity contribution in [2.75, 3.05) is 10.8 Å². The number of carbonyl (C=O) groups is 2. The van der Waals surface area contributed by atoms with Crippen molar-refractivity contribution >= 4 is 39.1 Å². The molecule has 0 fully saturated rings. The normalized spacial score (nSPS) is 12.0. The summed E-state index contributed by atoms with van der Waals surface area (Å²) in [5, 5.41) is 3.40. The lowest BCUT2D eigenvalue weighted by molar-refractivity contribution is -0.140. The third-order valence-electron chi connectivity index (χ3n) is 7.24. The van der Waals surface area contributed by atoms with Gasteiger partial charge < -0.3 is 10.2 Å². The maximum atomic E-state index is 14.5. The fraction of sp³-hybridized carbons (Fsp3) is 0.257. The lowest BCUT2D eigenvalue weighted by atomic mass is 10.0. The highest BCUT2D eigenvalue weighted by molar-refractivity contribution is 7.92. The van der Waals surface area contributed by atoms with Gasteiger partial charge in [-0.15, -0.1) is 0 Å². The first-order chi connectivity index (χ1) is 21.1. The molecule has 0 aliphatic rings. The summed E-state index contributed by atoms with van der Waals surface area (Å²) in [6, 6.07) is 30.6. The van der Waals surface area contributed by atoms with Gasteiger partial charge in [-0.25, -0.2) is 8.42 Å². The second-order valence-electron chi connectivity index (χ2n) is 10.8. The van der Waals surface area contributed by atoms with Gasteiger partial charge in [0.25, 0.3) is 10.0 Å². The Morgan fingerprint density at radius 3 is 1.98 bits per heavy atom. The van der Waals surface area contributed by atoms with Crippen LogP contribution < -0.4 is 9.62 Å². The van der Waals surface area contributed by atoms with E-state index in [9.17, 15) is 18.0 Å². The minimum Gasteiger partial charge on any atom is -0.352 e. The van der Waals surface area contributed by atoms with Gasteiger partial charge in [0, 0.05) is 24.0 Å². The Bertz CT molecular complexity index is 1650. The number of nitrogens with zero attached hydrogens (tertiary/aromatic N) is 2. The van der Waals surface area contributed by atoms with Crippen LogP contribution in [0.2, 0.25) is 5.02 Å². The number of anilines is 1. The van der Waals surface area contributed by atoms with Gasteiger partial charge in [0.05, 0.1) is 10.6 Å². The molecule has 2 amide bonds. The Morgan fingerprint density at radius 1 is 0.795 bits per heavy atom. The van der Waals surface area contributed by atoms with Crippen molar-refractivity contribution in [3.05, 3.63) is 131 Å². The van der Waals surface area contributed by atoms with E-state index < -0.39 is 28.5 Å². The highest BCUT2D eigenvalue weighted by Crippen LogP contribution is 2.26.